The van der Waals surface area contributed by atoms with Crippen molar-refractivity contribution in [2.24, 2.45) is 10.7 Å². The minimum absolute atomic E-state index is 0.0533. The molecule has 0 radical (unpaired) electrons. The maximum absolute atomic E-state index is 11.2. The molecule has 0 spiro atoms. The van der Waals surface area contributed by atoms with Gasteiger partial charge in [-0.15, -0.1) is 0 Å². The molecule has 1 aliphatic rings. The second-order valence-corrected chi connectivity index (χ2v) is 2.76. The molecular weight excluding hydrogens is 172 g/mol. The molecule has 0 fully saturated rings. The van der Waals surface area contributed by atoms with Crippen LogP contribution in [0.1, 0.15) is 0 Å². The lowest BCUT2D eigenvalue weighted by Gasteiger charge is -2.13. The van der Waals surface area contributed by atoms with Gasteiger partial charge in [-0.25, -0.2) is 4.79 Å². The molecule has 6 heteroatoms. The van der Waals surface area contributed by atoms with Crippen molar-refractivity contribution in [3.63, 3.8) is 0 Å². The summed E-state index contributed by atoms with van der Waals surface area (Å²) >= 11 is 0. The molecule has 3 amide bonds. The SMILES string of the molecule is CN(C)/C=C1\C(=O)NC(=O)N=C1N. The first-order chi connectivity index (χ1) is 6.00. The summed E-state index contributed by atoms with van der Waals surface area (Å²) in [7, 11) is 3.48. The number of urea groups is 1. The van der Waals surface area contributed by atoms with Crippen molar-refractivity contribution in [2.45, 2.75) is 0 Å². The average Bonchev–Trinajstić information content (AvgIpc) is 1.96. The predicted octanol–water partition coefficient (Wildman–Crippen LogP) is -0.961. The Labute approximate surface area is 75.1 Å². The molecule has 1 heterocycles. The van der Waals surface area contributed by atoms with Gasteiger partial charge in [-0.1, -0.05) is 0 Å². The summed E-state index contributed by atoms with van der Waals surface area (Å²) in [5.74, 6) is -0.575. The van der Waals surface area contributed by atoms with Crippen LogP contribution >= 0.6 is 0 Å². The smallest absolute Gasteiger partial charge is 0.349 e. The molecule has 0 aromatic heterocycles. The highest BCUT2D eigenvalue weighted by atomic mass is 16.2. The van der Waals surface area contributed by atoms with E-state index in [4.69, 9.17) is 5.73 Å². The van der Waals surface area contributed by atoms with Gasteiger partial charge in [0.25, 0.3) is 5.91 Å². The molecule has 6 nitrogen and oxygen atoms in total. The van der Waals surface area contributed by atoms with Crippen LogP contribution in [0.2, 0.25) is 0 Å². The Morgan fingerprint density at radius 1 is 1.46 bits per heavy atom. The molecule has 0 aromatic carbocycles. The lowest BCUT2D eigenvalue weighted by molar-refractivity contribution is -0.116. The minimum atomic E-state index is -0.724. The molecule has 0 saturated heterocycles. The number of amides is 3. The summed E-state index contributed by atoms with van der Waals surface area (Å²) in [6.45, 7) is 0. The number of aliphatic imine (C=N–C) groups is 1. The van der Waals surface area contributed by atoms with Crippen molar-refractivity contribution < 1.29 is 9.59 Å². The molecule has 1 rings (SSSR count). The quantitative estimate of drug-likeness (QED) is 0.511. The Bertz CT molecular complexity index is 316. The van der Waals surface area contributed by atoms with E-state index < -0.39 is 11.9 Å². The number of imide groups is 1. The van der Waals surface area contributed by atoms with Crippen molar-refractivity contribution in [1.29, 1.82) is 0 Å². The van der Waals surface area contributed by atoms with Crippen LogP contribution in [-0.2, 0) is 4.79 Å². The molecule has 1 aliphatic heterocycles. The van der Waals surface area contributed by atoms with Gasteiger partial charge in [-0.05, 0) is 0 Å². The van der Waals surface area contributed by atoms with Gasteiger partial charge in [0.05, 0.1) is 5.57 Å². The molecule has 0 saturated carbocycles. The molecule has 3 N–H and O–H groups in total. The molecule has 13 heavy (non-hydrogen) atoms. The van der Waals surface area contributed by atoms with Crippen molar-refractivity contribution in [3.05, 3.63) is 11.8 Å². The highest BCUT2D eigenvalue weighted by molar-refractivity contribution is 6.28. The second kappa shape index (κ2) is 3.26. The van der Waals surface area contributed by atoms with Gasteiger partial charge in [0, 0.05) is 20.3 Å². The van der Waals surface area contributed by atoms with Crippen LogP contribution in [-0.4, -0.2) is 36.8 Å². The number of carbonyl (C=O) groups is 2. The maximum atomic E-state index is 11.2. The van der Waals surface area contributed by atoms with E-state index in [0.717, 1.165) is 0 Å². The van der Waals surface area contributed by atoms with Gasteiger partial charge in [0.2, 0.25) is 0 Å². The first-order valence-electron chi connectivity index (χ1n) is 3.59. The molecular formula is C7H10N4O2. The van der Waals surface area contributed by atoms with Crippen LogP contribution in [0.25, 0.3) is 0 Å². The largest absolute Gasteiger partial charge is 0.383 e. The zero-order valence-corrected chi connectivity index (χ0v) is 7.37. The summed E-state index contributed by atoms with van der Waals surface area (Å²) in [5.41, 5.74) is 5.58. The highest BCUT2D eigenvalue weighted by Crippen LogP contribution is 2.01. The number of rotatable bonds is 1. The highest BCUT2D eigenvalue weighted by Gasteiger charge is 2.22. The van der Waals surface area contributed by atoms with Crippen LogP contribution in [0.3, 0.4) is 0 Å². The Kier molecular flexibility index (Phi) is 2.32. The van der Waals surface area contributed by atoms with Crippen LogP contribution < -0.4 is 11.1 Å². The van der Waals surface area contributed by atoms with E-state index in [9.17, 15) is 9.59 Å². The van der Waals surface area contributed by atoms with Crippen LogP contribution in [0, 0.1) is 0 Å². The Morgan fingerprint density at radius 2 is 2.08 bits per heavy atom. The molecule has 0 aliphatic carbocycles. The van der Waals surface area contributed by atoms with Crippen LogP contribution in [0.4, 0.5) is 4.79 Å². The third kappa shape index (κ3) is 2.05. The van der Waals surface area contributed by atoms with E-state index in [0.29, 0.717) is 0 Å². The first-order valence-corrected chi connectivity index (χ1v) is 3.59. The van der Waals surface area contributed by atoms with E-state index in [1.807, 2.05) is 5.32 Å². The average molecular weight is 182 g/mol. The molecule has 70 valence electrons. The van der Waals surface area contributed by atoms with E-state index in [1.165, 1.54) is 6.20 Å². The van der Waals surface area contributed by atoms with Crippen LogP contribution in [0.15, 0.2) is 16.8 Å². The van der Waals surface area contributed by atoms with Gasteiger partial charge in [0.15, 0.2) is 0 Å². The number of nitrogens with zero attached hydrogens (tertiary/aromatic N) is 2. The fourth-order valence-corrected chi connectivity index (χ4v) is 0.861. The number of amidine groups is 1. The predicted molar refractivity (Wildman–Crippen MR) is 46.9 cm³/mol. The van der Waals surface area contributed by atoms with Gasteiger partial charge < -0.3 is 10.6 Å². The zero-order valence-electron chi connectivity index (χ0n) is 7.37. The Morgan fingerprint density at radius 3 is 2.54 bits per heavy atom. The monoisotopic (exact) mass is 182 g/mol. The molecule has 0 unspecified atom stereocenters. The standard InChI is InChI=1S/C7H10N4O2/c1-11(2)3-4-5(8)9-7(13)10-6(4)12/h3H,1-2H3,(H3,8,9,10,12,13)/b4-3-. The maximum Gasteiger partial charge on any atom is 0.349 e. The third-order valence-corrected chi connectivity index (χ3v) is 1.35. The van der Waals surface area contributed by atoms with E-state index in [-0.39, 0.29) is 11.4 Å². The van der Waals surface area contributed by atoms with Crippen LogP contribution in [0.5, 0.6) is 0 Å². The number of nitrogens with two attached hydrogens (primary N) is 1. The van der Waals surface area contributed by atoms with E-state index >= 15 is 0 Å². The van der Waals surface area contributed by atoms with Crippen molar-refractivity contribution in [1.82, 2.24) is 10.2 Å². The fraction of sp³-hybridized carbons (Fsp3) is 0.286. The summed E-state index contributed by atoms with van der Waals surface area (Å²) in [5, 5.41) is 2.02. The fourth-order valence-electron chi connectivity index (χ4n) is 0.861. The summed E-state index contributed by atoms with van der Waals surface area (Å²) in [6, 6.07) is -0.724. The van der Waals surface area contributed by atoms with E-state index in [2.05, 4.69) is 4.99 Å². The Balaban J connectivity index is 3.04. The topological polar surface area (TPSA) is 87.8 Å². The molecule has 0 bridgehead atoms. The normalized spacial score (nSPS) is 19.8. The molecule has 0 atom stereocenters. The van der Waals surface area contributed by atoms with Crippen molar-refractivity contribution in [3.8, 4) is 0 Å². The third-order valence-electron chi connectivity index (χ3n) is 1.35. The van der Waals surface area contributed by atoms with Gasteiger partial charge in [-0.3, -0.25) is 10.1 Å². The minimum Gasteiger partial charge on any atom is -0.383 e. The van der Waals surface area contributed by atoms with Gasteiger partial charge in [-0.2, -0.15) is 4.99 Å². The summed E-state index contributed by atoms with van der Waals surface area (Å²) in [6.07, 6.45) is 1.50. The van der Waals surface area contributed by atoms with Crippen molar-refractivity contribution >= 4 is 17.8 Å². The van der Waals surface area contributed by atoms with Gasteiger partial charge in [0.1, 0.15) is 5.84 Å². The number of carbonyl (C=O) groups excluding carboxylic acids is 2. The number of hydrogen-bond acceptors (Lipinski definition) is 4. The zero-order chi connectivity index (χ0) is 10.0. The Hall–Kier alpha value is -1.85. The number of nitrogens with one attached hydrogen (secondary N) is 1. The van der Waals surface area contributed by atoms with E-state index in [1.54, 1.807) is 19.0 Å². The lowest BCUT2D eigenvalue weighted by Crippen LogP contribution is -2.41. The summed E-state index contributed by atoms with van der Waals surface area (Å²) in [4.78, 5) is 26.9. The summed E-state index contributed by atoms with van der Waals surface area (Å²) < 4.78 is 0. The first kappa shape index (κ1) is 9.24. The van der Waals surface area contributed by atoms with Crippen molar-refractivity contribution in [2.75, 3.05) is 14.1 Å². The second-order valence-electron chi connectivity index (χ2n) is 2.76. The van der Waals surface area contributed by atoms with Gasteiger partial charge >= 0.3 is 6.03 Å². The number of hydrogen-bond donors (Lipinski definition) is 2. The molecule has 0 aromatic rings. The lowest BCUT2D eigenvalue weighted by atomic mass is 10.2.